The van der Waals surface area contributed by atoms with Crippen LogP contribution in [-0.4, -0.2) is 25.8 Å². The molecule has 1 rings (SSSR count). The number of nitrogens with one attached hydrogen (secondary N) is 1. The third-order valence-electron chi connectivity index (χ3n) is 3.97. The topological polar surface area (TPSA) is 21.3 Å². The van der Waals surface area contributed by atoms with Gasteiger partial charge in [-0.15, -0.1) is 0 Å². The average molecular weight is 241 g/mol. The number of ether oxygens (including phenoxy) is 1. The molecule has 0 saturated heterocycles. The zero-order chi connectivity index (χ0) is 12.9. The van der Waals surface area contributed by atoms with Gasteiger partial charge in [0.25, 0.3) is 0 Å². The van der Waals surface area contributed by atoms with Crippen molar-refractivity contribution in [1.82, 2.24) is 5.32 Å². The Morgan fingerprint density at radius 2 is 1.82 bits per heavy atom. The second-order valence-electron chi connectivity index (χ2n) is 6.55. The fourth-order valence-electron chi connectivity index (χ4n) is 3.19. The molecular weight excluding hydrogens is 210 g/mol. The fraction of sp³-hybridized carbons (Fsp3) is 1.00. The quantitative estimate of drug-likeness (QED) is 0.767. The van der Waals surface area contributed by atoms with Gasteiger partial charge >= 0.3 is 0 Å². The maximum Gasteiger partial charge on any atom is 0.0775 e. The van der Waals surface area contributed by atoms with Crippen molar-refractivity contribution in [1.29, 1.82) is 0 Å². The molecule has 17 heavy (non-hydrogen) atoms. The molecule has 0 radical (unpaired) electrons. The predicted octanol–water partition coefficient (Wildman–Crippen LogP) is 3.61. The molecule has 2 nitrogen and oxygen atoms in total. The van der Waals surface area contributed by atoms with Gasteiger partial charge in [0.05, 0.1) is 6.10 Å². The minimum absolute atomic E-state index is 0.211. The van der Waals surface area contributed by atoms with Crippen molar-refractivity contribution in [2.75, 3.05) is 13.7 Å². The first kappa shape index (κ1) is 15.0. The summed E-state index contributed by atoms with van der Waals surface area (Å²) in [4.78, 5) is 0. The van der Waals surface area contributed by atoms with Gasteiger partial charge in [-0.25, -0.2) is 0 Å². The maximum atomic E-state index is 5.82. The summed E-state index contributed by atoms with van der Waals surface area (Å²) in [6.07, 6.45) is 7.06. The van der Waals surface area contributed by atoms with E-state index in [1.54, 1.807) is 0 Å². The summed E-state index contributed by atoms with van der Waals surface area (Å²) in [7, 11) is 1.87. The van der Waals surface area contributed by atoms with E-state index in [2.05, 4.69) is 33.0 Å². The first-order chi connectivity index (χ1) is 8.00. The summed E-state index contributed by atoms with van der Waals surface area (Å²) in [6, 6.07) is 0.530. The summed E-state index contributed by atoms with van der Waals surface area (Å²) in [5.74, 6) is 0.811. The standard InChI is InChI=1S/C15H31NO/c1-6-11-16-13(12-9-7-8-10-12)14(17-5)15(2,3)4/h12-14,16H,6-11H2,1-5H3. The maximum absolute atomic E-state index is 5.82. The van der Waals surface area contributed by atoms with E-state index in [1.807, 2.05) is 7.11 Å². The van der Waals surface area contributed by atoms with Gasteiger partial charge < -0.3 is 10.1 Å². The van der Waals surface area contributed by atoms with Crippen LogP contribution in [0.25, 0.3) is 0 Å². The van der Waals surface area contributed by atoms with Crippen LogP contribution in [0.3, 0.4) is 0 Å². The molecule has 0 aromatic heterocycles. The molecule has 0 spiro atoms. The Bertz CT molecular complexity index is 203. The van der Waals surface area contributed by atoms with Crippen LogP contribution in [-0.2, 0) is 4.74 Å². The van der Waals surface area contributed by atoms with Gasteiger partial charge in [0, 0.05) is 13.2 Å². The fourth-order valence-corrected chi connectivity index (χ4v) is 3.19. The van der Waals surface area contributed by atoms with Crippen LogP contribution < -0.4 is 5.32 Å². The minimum atomic E-state index is 0.211. The van der Waals surface area contributed by atoms with Gasteiger partial charge in [-0.2, -0.15) is 0 Å². The Morgan fingerprint density at radius 1 is 1.24 bits per heavy atom. The summed E-state index contributed by atoms with van der Waals surface area (Å²) < 4.78 is 5.82. The molecule has 0 heterocycles. The molecule has 0 aromatic carbocycles. The molecule has 2 heteroatoms. The Labute approximate surface area is 108 Å². The monoisotopic (exact) mass is 241 g/mol. The number of methoxy groups -OCH3 is 1. The molecule has 1 aliphatic rings. The predicted molar refractivity (Wildman–Crippen MR) is 74.3 cm³/mol. The van der Waals surface area contributed by atoms with E-state index in [9.17, 15) is 0 Å². The molecular formula is C15H31NO. The molecule has 1 fully saturated rings. The van der Waals surface area contributed by atoms with Crippen LogP contribution >= 0.6 is 0 Å². The zero-order valence-electron chi connectivity index (χ0n) is 12.4. The molecule has 0 bridgehead atoms. The van der Waals surface area contributed by atoms with Gasteiger partial charge in [-0.1, -0.05) is 40.5 Å². The highest BCUT2D eigenvalue weighted by molar-refractivity contribution is 4.92. The molecule has 102 valence electrons. The smallest absolute Gasteiger partial charge is 0.0775 e. The summed E-state index contributed by atoms with van der Waals surface area (Å²) in [5, 5.41) is 3.74. The summed E-state index contributed by atoms with van der Waals surface area (Å²) >= 11 is 0. The van der Waals surface area contributed by atoms with Gasteiger partial charge in [0.15, 0.2) is 0 Å². The van der Waals surface area contributed by atoms with Crippen LogP contribution in [0.1, 0.15) is 59.8 Å². The highest BCUT2D eigenvalue weighted by Crippen LogP contribution is 2.35. The lowest BCUT2D eigenvalue weighted by Gasteiger charge is -2.39. The third kappa shape index (κ3) is 4.26. The van der Waals surface area contributed by atoms with E-state index in [0.29, 0.717) is 12.1 Å². The zero-order valence-corrected chi connectivity index (χ0v) is 12.4. The van der Waals surface area contributed by atoms with Crippen molar-refractivity contribution >= 4 is 0 Å². The number of rotatable bonds is 6. The lowest BCUT2D eigenvalue weighted by molar-refractivity contribution is -0.0257. The van der Waals surface area contributed by atoms with Crippen molar-refractivity contribution < 1.29 is 4.74 Å². The second kappa shape index (κ2) is 6.75. The van der Waals surface area contributed by atoms with Gasteiger partial charge in [-0.3, -0.25) is 0 Å². The van der Waals surface area contributed by atoms with Crippen molar-refractivity contribution in [2.24, 2.45) is 11.3 Å². The minimum Gasteiger partial charge on any atom is -0.379 e. The highest BCUT2D eigenvalue weighted by Gasteiger charge is 2.37. The molecule has 2 unspecified atom stereocenters. The van der Waals surface area contributed by atoms with Crippen LogP contribution in [0.5, 0.6) is 0 Å². The largest absolute Gasteiger partial charge is 0.379 e. The molecule has 0 amide bonds. The number of hydrogen-bond acceptors (Lipinski definition) is 2. The van der Waals surface area contributed by atoms with Gasteiger partial charge in [-0.05, 0) is 37.1 Å². The normalized spacial score (nSPS) is 21.7. The first-order valence-corrected chi connectivity index (χ1v) is 7.27. The molecule has 1 aliphatic carbocycles. The van der Waals surface area contributed by atoms with E-state index >= 15 is 0 Å². The van der Waals surface area contributed by atoms with Gasteiger partial charge in [0.2, 0.25) is 0 Å². The van der Waals surface area contributed by atoms with E-state index in [-0.39, 0.29) is 5.41 Å². The number of hydrogen-bond donors (Lipinski definition) is 1. The van der Waals surface area contributed by atoms with Crippen LogP contribution in [0.2, 0.25) is 0 Å². The van der Waals surface area contributed by atoms with Crippen LogP contribution in [0, 0.1) is 11.3 Å². The molecule has 2 atom stereocenters. The lowest BCUT2D eigenvalue weighted by atomic mass is 9.79. The van der Waals surface area contributed by atoms with E-state index in [0.717, 1.165) is 12.5 Å². The Kier molecular flexibility index (Phi) is 5.94. The molecule has 1 N–H and O–H groups in total. The molecule has 1 saturated carbocycles. The third-order valence-corrected chi connectivity index (χ3v) is 3.97. The Balaban J connectivity index is 2.71. The van der Waals surface area contributed by atoms with E-state index in [4.69, 9.17) is 4.74 Å². The summed E-state index contributed by atoms with van der Waals surface area (Å²) in [5.41, 5.74) is 0.211. The molecule has 0 aromatic rings. The van der Waals surface area contributed by atoms with Crippen molar-refractivity contribution in [3.05, 3.63) is 0 Å². The Morgan fingerprint density at radius 3 is 2.24 bits per heavy atom. The second-order valence-corrected chi connectivity index (χ2v) is 6.55. The van der Waals surface area contributed by atoms with Crippen LogP contribution in [0.4, 0.5) is 0 Å². The van der Waals surface area contributed by atoms with E-state index < -0.39 is 0 Å². The molecule has 0 aliphatic heterocycles. The van der Waals surface area contributed by atoms with Crippen molar-refractivity contribution in [2.45, 2.75) is 71.9 Å². The van der Waals surface area contributed by atoms with Crippen molar-refractivity contribution in [3.63, 3.8) is 0 Å². The SMILES string of the molecule is CCCNC(C1CCCC1)C(OC)C(C)(C)C. The van der Waals surface area contributed by atoms with Crippen LogP contribution in [0.15, 0.2) is 0 Å². The summed E-state index contributed by atoms with van der Waals surface area (Å²) in [6.45, 7) is 10.2. The first-order valence-electron chi connectivity index (χ1n) is 7.27. The van der Waals surface area contributed by atoms with Crippen molar-refractivity contribution in [3.8, 4) is 0 Å². The lowest BCUT2D eigenvalue weighted by Crippen LogP contribution is -2.51. The Hall–Kier alpha value is -0.0800. The van der Waals surface area contributed by atoms with E-state index in [1.165, 1.54) is 32.1 Å². The average Bonchev–Trinajstić information content (AvgIpc) is 2.75. The van der Waals surface area contributed by atoms with Gasteiger partial charge in [0.1, 0.15) is 0 Å². The highest BCUT2D eigenvalue weighted by atomic mass is 16.5.